The maximum Gasteiger partial charge on any atom is 3.00 e. The molecule has 0 aliphatic heterocycles. The summed E-state index contributed by atoms with van der Waals surface area (Å²) in [6, 6.07) is 36.4. The van der Waals surface area contributed by atoms with E-state index in [-0.39, 0.29) is 51.2 Å². The smallest absolute Gasteiger partial charge is 0.543 e. The van der Waals surface area contributed by atoms with Gasteiger partial charge in [-0.1, -0.05) is 72.8 Å². The van der Waals surface area contributed by atoms with Crippen molar-refractivity contribution in [2.24, 2.45) is 0 Å². The zero-order chi connectivity index (χ0) is 43.6. The first-order chi connectivity index (χ1) is 28.8. The molecule has 21 nitrogen and oxygen atoms in total. The van der Waals surface area contributed by atoms with E-state index in [2.05, 4.69) is 103 Å². The van der Waals surface area contributed by atoms with Crippen molar-refractivity contribution >= 4 is 101 Å². The number of rotatable bonds is 0. The van der Waals surface area contributed by atoms with Gasteiger partial charge in [0.2, 0.25) is 0 Å². The number of hydrogen-bond acceptors (Lipinski definition) is 18. The largest absolute Gasteiger partial charge is 3.00 e. The Balaban J connectivity index is 0. The first-order valence-electron chi connectivity index (χ1n) is 16.8. The Labute approximate surface area is 386 Å². The maximum absolute atomic E-state index is 8.93. The summed E-state index contributed by atoms with van der Waals surface area (Å²) in [7, 11) is 0. The fourth-order valence-corrected chi connectivity index (χ4v) is 5.04. The summed E-state index contributed by atoms with van der Waals surface area (Å²) >= 11 is 0. The number of benzene rings is 3. The minimum absolute atomic E-state index is 0. The number of hydrogen-bond donors (Lipinski definition) is 0. The molecular weight excluding hydrogens is 932 g/mol. The number of carbonyl (C=O) groups excluding carboxylic acids is 6. The van der Waals surface area contributed by atoms with Crippen LogP contribution in [0, 0.1) is 0 Å². The number of aliphatic carboxylic acids is 6. The van der Waals surface area contributed by atoms with Crippen LogP contribution in [0.3, 0.4) is 0 Å². The summed E-state index contributed by atoms with van der Waals surface area (Å²) in [6.07, 6.45) is 10.8. The molecule has 9 rings (SSSR count). The molecule has 6 aromatic heterocycles. The average Bonchev–Trinajstić information content (AvgIpc) is 3.27. The number of carboxylic acids is 6. The molecule has 0 bridgehead atoms. The van der Waals surface area contributed by atoms with Gasteiger partial charge in [-0.05, 0) is 36.4 Å². The molecule has 0 aliphatic rings. The zero-order valence-electron chi connectivity index (χ0n) is 32.8. The molecule has 0 unspecified atom stereocenters. The predicted octanol–water partition coefficient (Wildman–Crippen LogP) is -4.67. The summed E-state index contributed by atoms with van der Waals surface area (Å²) in [4.78, 5) is 79.6. The first-order valence-corrected chi connectivity index (χ1v) is 16.8. The van der Waals surface area contributed by atoms with Gasteiger partial charge in [0.05, 0.1) is 68.9 Å². The summed E-state index contributed by atoms with van der Waals surface area (Å²) in [5.41, 5.74) is 5.86. The first kappa shape index (κ1) is 59.0. The summed E-state index contributed by atoms with van der Waals surface area (Å²) in [5.74, 6) is -13.1. The maximum atomic E-state index is 8.93. The Morgan fingerprint density at radius 2 is 0.385 bits per heavy atom. The van der Waals surface area contributed by atoms with Crippen molar-refractivity contribution in [2.45, 2.75) is 0 Å². The number of aromatic nitrogens is 6. The Hall–Kier alpha value is -8.12. The summed E-state index contributed by atoms with van der Waals surface area (Å²) in [6.45, 7) is 0. The molecule has 0 aliphatic carbocycles. The van der Waals surface area contributed by atoms with E-state index in [1.807, 2.05) is 36.4 Å². The zero-order valence-corrected chi connectivity index (χ0v) is 35.3. The van der Waals surface area contributed by atoms with Crippen molar-refractivity contribution in [1.82, 2.24) is 29.9 Å². The topological polar surface area (TPSA) is 413 Å². The van der Waals surface area contributed by atoms with Crippen LogP contribution < -0.4 is 30.6 Å². The molecule has 6 heterocycles. The van der Waals surface area contributed by atoms with Crippen LogP contribution in [0.5, 0.6) is 0 Å². The molecule has 6 N–H and O–H groups in total. The van der Waals surface area contributed by atoms with Crippen LogP contribution in [0.2, 0.25) is 0 Å². The molecule has 0 spiro atoms. The number of pyridine rings is 6. The van der Waals surface area contributed by atoms with Gasteiger partial charge in [0.1, 0.15) is 0 Å². The van der Waals surface area contributed by atoms with E-state index in [1.54, 1.807) is 37.2 Å². The van der Waals surface area contributed by atoms with Crippen molar-refractivity contribution in [3.05, 3.63) is 146 Å². The summed E-state index contributed by atoms with van der Waals surface area (Å²) < 4.78 is 0. The molecule has 23 heteroatoms. The monoisotopic (exact) mass is 962 g/mol. The molecule has 2 radical (unpaired) electrons. The normalized spacial score (nSPS) is 9.05. The molecule has 0 amide bonds. The van der Waals surface area contributed by atoms with Gasteiger partial charge in [0, 0.05) is 69.5 Å². The van der Waals surface area contributed by atoms with Crippen LogP contribution in [0.25, 0.3) is 65.4 Å². The second kappa shape index (κ2) is 29.2. The van der Waals surface area contributed by atoms with E-state index in [9.17, 15) is 0 Å². The molecule has 65 heavy (non-hydrogen) atoms. The minimum Gasteiger partial charge on any atom is -0.543 e. The Bertz CT molecular complexity index is 2500. The van der Waals surface area contributed by atoms with Crippen LogP contribution in [0.1, 0.15) is 0 Å². The van der Waals surface area contributed by atoms with Crippen molar-refractivity contribution in [3.8, 4) is 0 Å². The molecule has 0 fully saturated rings. The van der Waals surface area contributed by atoms with E-state index >= 15 is 0 Å². The molecule has 330 valence electrons. The van der Waals surface area contributed by atoms with E-state index in [4.69, 9.17) is 59.4 Å². The van der Waals surface area contributed by atoms with Gasteiger partial charge in [0.25, 0.3) is 0 Å². The van der Waals surface area contributed by atoms with Crippen LogP contribution in [-0.4, -0.2) is 82.1 Å². The molecular formula is C42H30Cr2N6O15. The van der Waals surface area contributed by atoms with Crippen LogP contribution in [0.4, 0.5) is 0 Å². The van der Waals surface area contributed by atoms with Crippen LogP contribution in [-0.2, 0) is 63.5 Å². The SMILES string of the molecule is O.O.O.O=C([O-])C(=O)[O-].O=C([O-])C(=O)[O-].O=C([O-])C(=O)[O-].[Cr+3].[Cr+3].c1cnc2c(c1)ccc1cccnc12.c1cnc2c(c1)ccc1cccnc12.c1cnc2c(c1)ccc1cccnc12. The van der Waals surface area contributed by atoms with Gasteiger partial charge in [-0.2, -0.15) is 0 Å². The molecule has 9 aromatic rings. The van der Waals surface area contributed by atoms with Crippen LogP contribution >= 0.6 is 0 Å². The third kappa shape index (κ3) is 17.3. The van der Waals surface area contributed by atoms with Crippen molar-refractivity contribution in [3.63, 3.8) is 0 Å². The Kier molecular flexibility index (Phi) is 26.5. The Morgan fingerprint density at radius 1 is 0.262 bits per heavy atom. The average molecular weight is 963 g/mol. The van der Waals surface area contributed by atoms with E-state index in [0.717, 1.165) is 65.4 Å². The van der Waals surface area contributed by atoms with Gasteiger partial charge >= 0.3 is 34.7 Å². The van der Waals surface area contributed by atoms with Gasteiger partial charge in [-0.3, -0.25) is 29.9 Å². The number of fused-ring (bicyclic) bond motifs is 9. The molecule has 3 aromatic carbocycles. The number of nitrogens with zero attached hydrogens (tertiary/aromatic N) is 6. The number of carboxylic acid groups (broad SMARTS) is 6. The molecule has 0 saturated carbocycles. The van der Waals surface area contributed by atoms with Crippen molar-refractivity contribution in [2.75, 3.05) is 0 Å². The van der Waals surface area contributed by atoms with E-state index in [0.29, 0.717) is 0 Å². The Morgan fingerprint density at radius 3 is 0.492 bits per heavy atom. The fourth-order valence-electron chi connectivity index (χ4n) is 5.04. The van der Waals surface area contributed by atoms with Crippen molar-refractivity contribution in [1.29, 1.82) is 0 Å². The minimum atomic E-state index is -2.19. The quantitative estimate of drug-likeness (QED) is 0.102. The third-order valence-corrected chi connectivity index (χ3v) is 7.53. The van der Waals surface area contributed by atoms with Crippen LogP contribution in [0.15, 0.2) is 146 Å². The third-order valence-electron chi connectivity index (χ3n) is 7.53. The molecule has 0 saturated heterocycles. The van der Waals surface area contributed by atoms with E-state index in [1.165, 1.54) is 0 Å². The number of carbonyl (C=O) groups is 6. The fraction of sp³-hybridized carbons (Fsp3) is 0. The molecule has 0 atom stereocenters. The van der Waals surface area contributed by atoms with Gasteiger partial charge in [-0.15, -0.1) is 0 Å². The van der Waals surface area contributed by atoms with Crippen molar-refractivity contribution < 1.29 is 111 Å². The van der Waals surface area contributed by atoms with E-state index < -0.39 is 35.8 Å². The van der Waals surface area contributed by atoms with Gasteiger partial charge in [0.15, 0.2) is 0 Å². The van der Waals surface area contributed by atoms with Gasteiger partial charge < -0.3 is 75.8 Å². The second-order valence-electron chi connectivity index (χ2n) is 11.4. The second-order valence-corrected chi connectivity index (χ2v) is 11.4. The summed E-state index contributed by atoms with van der Waals surface area (Å²) in [5, 5.41) is 60.4. The standard InChI is InChI=1S/3C12H8N2.3C2H2O4.2Cr.3H2O/c3*1-3-9-5-6-10-4-2-8-14-12(10)11(9)13-7-1;3*3-1(4)2(5)6;;;;;/h3*1-8H;3*(H,3,4)(H,5,6);;;3*1H2/q;;;;;;2*+3;;;/p-6. The van der Waals surface area contributed by atoms with Gasteiger partial charge in [-0.25, -0.2) is 0 Å². The predicted molar refractivity (Wildman–Crippen MR) is 212 cm³/mol.